The maximum absolute atomic E-state index is 6.13. The molecule has 0 bridgehead atoms. The highest BCUT2D eigenvalue weighted by Gasteiger charge is 2.20. The summed E-state index contributed by atoms with van der Waals surface area (Å²) in [5.74, 6) is 2.53. The van der Waals surface area contributed by atoms with Crippen molar-refractivity contribution >= 4 is 17.6 Å². The minimum atomic E-state index is 0.362. The molecule has 0 unspecified atom stereocenters. The van der Waals surface area contributed by atoms with Gasteiger partial charge in [-0.1, -0.05) is 54.6 Å². The van der Waals surface area contributed by atoms with Crippen molar-refractivity contribution in [2.45, 2.75) is 23.0 Å². The van der Waals surface area contributed by atoms with Crippen molar-refractivity contribution in [3.63, 3.8) is 0 Å². The lowest BCUT2D eigenvalue weighted by molar-refractivity contribution is 0.394. The Morgan fingerprint density at radius 3 is 2.40 bits per heavy atom. The van der Waals surface area contributed by atoms with Gasteiger partial charge < -0.3 is 19.8 Å². The number of nitrogen functional groups attached to an aromatic ring is 1. The summed E-state index contributed by atoms with van der Waals surface area (Å²) in [6.45, 7) is 0.708. The molecule has 0 radical (unpaired) electrons. The molecule has 5 rings (SSSR count). The van der Waals surface area contributed by atoms with Gasteiger partial charge in [0.15, 0.2) is 22.5 Å². The number of benzene rings is 3. The number of anilines is 1. The first-order valence-corrected chi connectivity index (χ1v) is 12.0. The Hall–Kier alpha value is -4.04. The van der Waals surface area contributed by atoms with Crippen molar-refractivity contribution in [1.82, 2.24) is 19.5 Å². The van der Waals surface area contributed by atoms with Crippen LogP contribution in [0.1, 0.15) is 5.56 Å². The molecule has 0 saturated heterocycles. The summed E-state index contributed by atoms with van der Waals surface area (Å²) < 4.78 is 12.8. The number of nitrogens with two attached hydrogens (primary N) is 1. The summed E-state index contributed by atoms with van der Waals surface area (Å²) >= 11 is 1.40. The number of methoxy groups -OCH3 is 2. The van der Waals surface area contributed by atoms with Crippen LogP contribution in [0.5, 0.6) is 11.5 Å². The van der Waals surface area contributed by atoms with Gasteiger partial charge in [0.1, 0.15) is 11.5 Å². The molecule has 3 aromatic carbocycles. The molecule has 2 N–H and O–H groups in total. The first kappa shape index (κ1) is 22.7. The summed E-state index contributed by atoms with van der Waals surface area (Å²) in [6.07, 6.45) is 2.56. The second-order valence-corrected chi connectivity index (χ2v) is 8.94. The Kier molecular flexibility index (Phi) is 6.54. The first-order chi connectivity index (χ1) is 17.1. The van der Waals surface area contributed by atoms with Crippen LogP contribution in [0, 0.1) is 0 Å². The van der Waals surface area contributed by atoms with Gasteiger partial charge in [-0.3, -0.25) is 0 Å². The van der Waals surface area contributed by atoms with Crippen LogP contribution >= 0.6 is 11.8 Å². The van der Waals surface area contributed by atoms with E-state index in [0.29, 0.717) is 29.0 Å². The minimum Gasteiger partial charge on any atom is -0.497 e. The Morgan fingerprint density at radius 2 is 1.66 bits per heavy atom. The molecule has 7 nitrogen and oxygen atoms in total. The monoisotopic (exact) mass is 483 g/mol. The lowest BCUT2D eigenvalue weighted by Gasteiger charge is -2.11. The maximum Gasteiger partial charge on any atom is 0.195 e. The Labute approximate surface area is 208 Å². The maximum atomic E-state index is 6.13. The van der Waals surface area contributed by atoms with Crippen molar-refractivity contribution in [3.8, 4) is 34.1 Å². The summed E-state index contributed by atoms with van der Waals surface area (Å²) in [6, 6.07) is 24.6. The van der Waals surface area contributed by atoms with Gasteiger partial charge in [-0.05, 0) is 53.1 Å². The SMILES string of the molecule is COc1ccc(OC)c(Sc2nc3c(N)ncn(CCc4ccc(-c5ccccc5)cc4)c-3n2)c1. The standard InChI is InChI=1S/C27H25N5O2S/c1-33-21-12-13-22(34-2)23(16-21)35-27-30-24-25(28)29-17-32(26(24)31-27)15-14-18-8-10-20(11-9-18)19-6-4-3-5-7-19/h3-13,16-17H,14-15,28H2,1-2H3. The lowest BCUT2D eigenvalue weighted by Crippen LogP contribution is -2.09. The zero-order valence-electron chi connectivity index (χ0n) is 19.5. The number of aromatic nitrogens is 4. The Balaban J connectivity index is 1.36. The Morgan fingerprint density at radius 1 is 0.886 bits per heavy atom. The summed E-state index contributed by atoms with van der Waals surface area (Å²) in [5.41, 5.74) is 10.4. The molecule has 176 valence electrons. The lowest BCUT2D eigenvalue weighted by atomic mass is 10.0. The number of imidazole rings is 1. The van der Waals surface area contributed by atoms with Crippen molar-refractivity contribution in [1.29, 1.82) is 0 Å². The van der Waals surface area contributed by atoms with Crippen LogP contribution in [0.15, 0.2) is 89.2 Å². The molecule has 8 heteroatoms. The van der Waals surface area contributed by atoms with Gasteiger partial charge >= 0.3 is 0 Å². The minimum absolute atomic E-state index is 0.362. The van der Waals surface area contributed by atoms with Crippen molar-refractivity contribution in [2.24, 2.45) is 0 Å². The summed E-state index contributed by atoms with van der Waals surface area (Å²) in [7, 11) is 3.27. The van der Waals surface area contributed by atoms with E-state index in [4.69, 9.17) is 20.2 Å². The van der Waals surface area contributed by atoms with E-state index in [1.807, 2.05) is 28.8 Å². The first-order valence-electron chi connectivity index (χ1n) is 11.2. The molecule has 0 fully saturated rings. The predicted molar refractivity (Wildman–Crippen MR) is 138 cm³/mol. The van der Waals surface area contributed by atoms with E-state index in [-0.39, 0.29) is 0 Å². The molecule has 0 spiro atoms. The smallest absolute Gasteiger partial charge is 0.195 e. The van der Waals surface area contributed by atoms with Gasteiger partial charge in [-0.25, -0.2) is 15.0 Å². The van der Waals surface area contributed by atoms with Gasteiger partial charge in [0.25, 0.3) is 0 Å². The number of hydrogen-bond donors (Lipinski definition) is 1. The highest BCUT2D eigenvalue weighted by molar-refractivity contribution is 7.99. The van der Waals surface area contributed by atoms with Crippen LogP contribution in [0.4, 0.5) is 5.82 Å². The van der Waals surface area contributed by atoms with Crippen molar-refractivity contribution in [2.75, 3.05) is 20.0 Å². The third kappa shape index (κ3) is 4.93. The van der Waals surface area contributed by atoms with Gasteiger partial charge in [-0.15, -0.1) is 0 Å². The fourth-order valence-electron chi connectivity index (χ4n) is 3.85. The van der Waals surface area contributed by atoms with Crippen molar-refractivity contribution in [3.05, 3.63) is 84.7 Å². The topological polar surface area (TPSA) is 88.1 Å². The number of nitrogens with zero attached hydrogens (tertiary/aromatic N) is 4. The Bertz CT molecular complexity index is 1400. The van der Waals surface area contributed by atoms with E-state index in [0.717, 1.165) is 22.8 Å². The van der Waals surface area contributed by atoms with E-state index >= 15 is 0 Å². The molecule has 0 aliphatic carbocycles. The van der Waals surface area contributed by atoms with Gasteiger partial charge in [0.2, 0.25) is 0 Å². The molecular weight excluding hydrogens is 458 g/mol. The second-order valence-electron chi connectivity index (χ2n) is 7.93. The molecule has 0 amide bonds. The van der Waals surface area contributed by atoms with E-state index < -0.39 is 0 Å². The number of ether oxygens (including phenoxy) is 2. The number of rotatable bonds is 8. The van der Waals surface area contributed by atoms with E-state index in [1.165, 1.54) is 28.5 Å². The van der Waals surface area contributed by atoms with Gasteiger partial charge in [0.05, 0.1) is 25.4 Å². The number of fused-ring (bicyclic) bond motifs is 1. The normalized spacial score (nSPS) is 11.0. The fourth-order valence-corrected chi connectivity index (χ4v) is 4.74. The third-order valence-electron chi connectivity index (χ3n) is 5.75. The summed E-state index contributed by atoms with van der Waals surface area (Å²) in [4.78, 5) is 14.6. The van der Waals surface area contributed by atoms with Gasteiger partial charge in [-0.2, -0.15) is 0 Å². The van der Waals surface area contributed by atoms with Crippen LogP contribution < -0.4 is 15.2 Å². The molecule has 0 atom stereocenters. The molecule has 0 aromatic heterocycles. The highest BCUT2D eigenvalue weighted by atomic mass is 32.2. The van der Waals surface area contributed by atoms with E-state index in [2.05, 4.69) is 58.5 Å². The van der Waals surface area contributed by atoms with Crippen LogP contribution in [-0.4, -0.2) is 33.7 Å². The van der Waals surface area contributed by atoms with E-state index in [1.54, 1.807) is 20.5 Å². The zero-order valence-corrected chi connectivity index (χ0v) is 20.3. The zero-order chi connectivity index (χ0) is 24.2. The predicted octanol–water partition coefficient (Wildman–Crippen LogP) is 5.44. The quantitative estimate of drug-likeness (QED) is 0.314. The molecule has 2 aliphatic heterocycles. The molecule has 2 heterocycles. The molecular formula is C27H25N5O2S. The van der Waals surface area contributed by atoms with Crippen LogP contribution in [-0.2, 0) is 13.0 Å². The molecule has 3 aromatic rings. The molecule has 2 aliphatic rings. The number of aryl methyl sites for hydroxylation is 2. The summed E-state index contributed by atoms with van der Waals surface area (Å²) in [5, 5.41) is 0.576. The average molecular weight is 484 g/mol. The number of hydrogen-bond acceptors (Lipinski definition) is 7. The highest BCUT2D eigenvalue weighted by Crippen LogP contribution is 2.38. The average Bonchev–Trinajstić information content (AvgIpc) is 3.34. The second kappa shape index (κ2) is 10.1. The molecule has 0 saturated carbocycles. The largest absolute Gasteiger partial charge is 0.497 e. The molecule has 35 heavy (non-hydrogen) atoms. The van der Waals surface area contributed by atoms with Crippen LogP contribution in [0.2, 0.25) is 0 Å². The van der Waals surface area contributed by atoms with Crippen LogP contribution in [0.25, 0.3) is 22.6 Å². The third-order valence-corrected chi connectivity index (χ3v) is 6.65. The van der Waals surface area contributed by atoms with Crippen molar-refractivity contribution < 1.29 is 9.47 Å². The van der Waals surface area contributed by atoms with Crippen LogP contribution in [0.3, 0.4) is 0 Å². The van der Waals surface area contributed by atoms with Gasteiger partial charge in [0, 0.05) is 6.54 Å². The fraction of sp³-hybridized carbons (Fsp3) is 0.148. The van der Waals surface area contributed by atoms with E-state index in [9.17, 15) is 0 Å².